The van der Waals surface area contributed by atoms with Gasteiger partial charge in [0, 0.05) is 38.6 Å². The van der Waals surface area contributed by atoms with Crippen molar-refractivity contribution in [1.82, 2.24) is 9.55 Å². The van der Waals surface area contributed by atoms with Gasteiger partial charge in [0.1, 0.15) is 17.1 Å². The summed E-state index contributed by atoms with van der Waals surface area (Å²) in [5, 5.41) is 10.7. The molecule has 0 spiro atoms. The van der Waals surface area contributed by atoms with E-state index in [9.17, 15) is 10.1 Å². The fourth-order valence-electron chi connectivity index (χ4n) is 4.80. The average molecular weight is 443 g/mol. The Morgan fingerprint density at radius 3 is 2.76 bits per heavy atom. The van der Waals surface area contributed by atoms with Crippen LogP contribution >= 0.6 is 0 Å². The number of ether oxygens (including phenoxy) is 1. The molecule has 2 aromatic carbocycles. The van der Waals surface area contributed by atoms with Crippen molar-refractivity contribution in [2.24, 2.45) is 7.05 Å². The number of pyridine rings is 1. The fourth-order valence-corrected chi connectivity index (χ4v) is 4.80. The highest BCUT2D eigenvalue weighted by Crippen LogP contribution is 2.35. The van der Waals surface area contributed by atoms with Crippen LogP contribution in [0.3, 0.4) is 0 Å². The predicted molar refractivity (Wildman–Crippen MR) is 128 cm³/mol. The quantitative estimate of drug-likeness (QED) is 0.462. The Morgan fingerprint density at radius 2 is 2.00 bits per heavy atom. The molecule has 0 unspecified atom stereocenters. The molecule has 1 aliphatic rings. The Kier molecular flexibility index (Phi) is 5.61. The number of anilines is 1. The summed E-state index contributed by atoms with van der Waals surface area (Å²) in [5.74, 6) is 0.974. The first-order valence-electron chi connectivity index (χ1n) is 11.3. The van der Waals surface area contributed by atoms with E-state index < -0.39 is 0 Å². The highest BCUT2D eigenvalue weighted by molar-refractivity contribution is 5.95. The molecule has 4 aromatic rings. The van der Waals surface area contributed by atoms with Gasteiger partial charge in [0.05, 0.1) is 17.8 Å². The maximum Gasteiger partial charge on any atom is 0.270 e. The number of hydrogen-bond acceptors (Lipinski definition) is 6. The Balaban J connectivity index is 1.41. The van der Waals surface area contributed by atoms with Gasteiger partial charge in [0.25, 0.3) is 5.56 Å². The van der Waals surface area contributed by atoms with Crippen molar-refractivity contribution in [3.8, 4) is 6.07 Å². The number of para-hydroxylation sites is 1. The van der Waals surface area contributed by atoms with Crippen LogP contribution in [0.2, 0.25) is 0 Å². The van der Waals surface area contributed by atoms with E-state index in [4.69, 9.17) is 14.1 Å². The normalized spacial score (nSPS) is 14.8. The molecule has 0 radical (unpaired) electrons. The predicted octanol–water partition coefficient (Wildman–Crippen LogP) is 4.12. The van der Waals surface area contributed by atoms with E-state index in [1.165, 1.54) is 5.56 Å². The molecule has 33 heavy (non-hydrogen) atoms. The maximum absolute atomic E-state index is 12.8. The SMILES string of the molecule is COCCc1ccc2nc(C3CCN(c4c(C#N)c(=O)n(C)c5ccccc45)CC3)oc2c1. The molecule has 1 aliphatic heterocycles. The lowest BCUT2D eigenvalue weighted by molar-refractivity contribution is 0.202. The summed E-state index contributed by atoms with van der Waals surface area (Å²) in [7, 11) is 3.42. The standard InChI is InChI=1S/C26H26N4O3/c1-29-22-6-4-3-5-19(22)24(20(16-27)26(29)31)30-12-9-18(10-13-30)25-28-21-8-7-17(11-14-32-2)15-23(21)33-25/h3-8,15,18H,9-14H2,1-2H3. The van der Waals surface area contributed by atoms with E-state index in [1.807, 2.05) is 36.4 Å². The molecule has 7 nitrogen and oxygen atoms in total. The fraction of sp³-hybridized carbons (Fsp3) is 0.346. The topological polar surface area (TPSA) is 84.3 Å². The molecule has 2 aromatic heterocycles. The van der Waals surface area contributed by atoms with Crippen LogP contribution in [0.4, 0.5) is 5.69 Å². The van der Waals surface area contributed by atoms with Gasteiger partial charge in [0.2, 0.25) is 0 Å². The van der Waals surface area contributed by atoms with E-state index in [1.54, 1.807) is 18.7 Å². The molecule has 1 fully saturated rings. The first kappa shape index (κ1) is 21.2. The molecular formula is C26H26N4O3. The third-order valence-electron chi connectivity index (χ3n) is 6.61. The van der Waals surface area contributed by atoms with Crippen LogP contribution in [-0.4, -0.2) is 36.4 Å². The molecule has 5 rings (SSSR count). The largest absolute Gasteiger partial charge is 0.440 e. The molecule has 0 bridgehead atoms. The maximum atomic E-state index is 12.8. The summed E-state index contributed by atoms with van der Waals surface area (Å²) in [6.45, 7) is 2.13. The smallest absolute Gasteiger partial charge is 0.270 e. The Hall–Kier alpha value is -3.63. The lowest BCUT2D eigenvalue weighted by Crippen LogP contribution is -2.35. The van der Waals surface area contributed by atoms with E-state index >= 15 is 0 Å². The van der Waals surface area contributed by atoms with Crippen LogP contribution in [0.25, 0.3) is 22.0 Å². The minimum absolute atomic E-state index is 0.208. The van der Waals surface area contributed by atoms with E-state index in [-0.39, 0.29) is 17.0 Å². The van der Waals surface area contributed by atoms with Gasteiger partial charge in [-0.05, 0) is 43.0 Å². The third-order valence-corrected chi connectivity index (χ3v) is 6.61. The molecule has 168 valence electrons. The second-order valence-corrected chi connectivity index (χ2v) is 8.58. The van der Waals surface area contributed by atoms with Crippen molar-refractivity contribution in [1.29, 1.82) is 5.26 Å². The number of nitriles is 1. The summed E-state index contributed by atoms with van der Waals surface area (Å²) in [6, 6.07) is 16.1. The van der Waals surface area contributed by atoms with Gasteiger partial charge in [-0.2, -0.15) is 5.26 Å². The van der Waals surface area contributed by atoms with E-state index in [0.29, 0.717) is 6.61 Å². The first-order valence-corrected chi connectivity index (χ1v) is 11.3. The van der Waals surface area contributed by atoms with Gasteiger partial charge in [0.15, 0.2) is 11.5 Å². The van der Waals surface area contributed by atoms with Crippen LogP contribution in [0, 0.1) is 11.3 Å². The van der Waals surface area contributed by atoms with E-state index in [0.717, 1.165) is 65.9 Å². The first-order chi connectivity index (χ1) is 16.1. The van der Waals surface area contributed by atoms with Crippen LogP contribution < -0.4 is 10.5 Å². The zero-order valence-electron chi connectivity index (χ0n) is 18.9. The summed E-state index contributed by atoms with van der Waals surface area (Å²) in [5.41, 5.74) is 4.39. The number of methoxy groups -OCH3 is 1. The van der Waals surface area contributed by atoms with Gasteiger partial charge in [-0.1, -0.05) is 24.3 Å². The Labute approximate surface area is 191 Å². The Bertz CT molecular complexity index is 1420. The summed E-state index contributed by atoms with van der Waals surface area (Å²) < 4.78 is 12.9. The second-order valence-electron chi connectivity index (χ2n) is 8.58. The van der Waals surface area contributed by atoms with Gasteiger partial charge in [-0.3, -0.25) is 4.79 Å². The van der Waals surface area contributed by atoms with Crippen LogP contribution in [0.15, 0.2) is 51.7 Å². The molecule has 0 N–H and O–H groups in total. The van der Waals surface area contributed by atoms with Crippen molar-refractivity contribution in [2.75, 3.05) is 31.7 Å². The number of nitrogens with zero attached hydrogens (tertiary/aromatic N) is 4. The lowest BCUT2D eigenvalue weighted by atomic mass is 9.95. The molecule has 0 aliphatic carbocycles. The molecule has 0 amide bonds. The summed E-state index contributed by atoms with van der Waals surface area (Å²) in [6.07, 6.45) is 2.53. The zero-order valence-corrected chi connectivity index (χ0v) is 18.9. The molecule has 7 heteroatoms. The van der Waals surface area contributed by atoms with Crippen LogP contribution in [0.1, 0.15) is 35.8 Å². The van der Waals surface area contributed by atoms with Crippen LogP contribution in [-0.2, 0) is 18.2 Å². The zero-order chi connectivity index (χ0) is 22.9. The minimum Gasteiger partial charge on any atom is -0.440 e. The van der Waals surface area contributed by atoms with Crippen molar-refractivity contribution >= 4 is 27.7 Å². The highest BCUT2D eigenvalue weighted by atomic mass is 16.5. The number of piperidine rings is 1. The van der Waals surface area contributed by atoms with Gasteiger partial charge >= 0.3 is 0 Å². The molecular weight excluding hydrogens is 416 g/mol. The number of aryl methyl sites for hydroxylation is 1. The van der Waals surface area contributed by atoms with Crippen LogP contribution in [0.5, 0.6) is 0 Å². The van der Waals surface area contributed by atoms with Gasteiger partial charge in [-0.25, -0.2) is 4.98 Å². The summed E-state index contributed by atoms with van der Waals surface area (Å²) >= 11 is 0. The number of oxazole rings is 1. The van der Waals surface area contributed by atoms with Crippen molar-refractivity contribution in [2.45, 2.75) is 25.2 Å². The van der Waals surface area contributed by atoms with Crippen molar-refractivity contribution < 1.29 is 9.15 Å². The lowest BCUT2D eigenvalue weighted by Gasteiger charge is -2.33. The molecule has 3 heterocycles. The number of rotatable bonds is 5. The number of aromatic nitrogens is 2. The average Bonchev–Trinajstić information content (AvgIpc) is 3.28. The monoisotopic (exact) mass is 442 g/mol. The molecule has 0 atom stereocenters. The number of fused-ring (bicyclic) bond motifs is 2. The number of benzene rings is 2. The van der Waals surface area contributed by atoms with E-state index in [2.05, 4.69) is 17.0 Å². The summed E-state index contributed by atoms with van der Waals surface area (Å²) in [4.78, 5) is 19.8. The van der Waals surface area contributed by atoms with Crippen molar-refractivity contribution in [3.05, 3.63) is 69.8 Å². The van der Waals surface area contributed by atoms with Gasteiger partial charge in [-0.15, -0.1) is 0 Å². The molecule has 0 saturated carbocycles. The van der Waals surface area contributed by atoms with Crippen molar-refractivity contribution in [3.63, 3.8) is 0 Å². The number of hydrogen-bond donors (Lipinski definition) is 0. The second kappa shape index (κ2) is 8.72. The molecule has 1 saturated heterocycles. The third kappa shape index (κ3) is 3.77. The van der Waals surface area contributed by atoms with Gasteiger partial charge < -0.3 is 18.6 Å². The highest BCUT2D eigenvalue weighted by Gasteiger charge is 2.28. The minimum atomic E-state index is -0.253. The Morgan fingerprint density at radius 1 is 1.21 bits per heavy atom.